The minimum Gasteiger partial charge on any atom is -0.394 e. The zero-order valence-corrected chi connectivity index (χ0v) is 8.98. The Labute approximate surface area is 84.2 Å². The summed E-state index contributed by atoms with van der Waals surface area (Å²) in [6.45, 7) is 4.44. The van der Waals surface area contributed by atoms with E-state index in [1.54, 1.807) is 0 Å². The molecule has 0 spiro atoms. The van der Waals surface area contributed by atoms with Crippen LogP contribution in [0.5, 0.6) is 0 Å². The van der Waals surface area contributed by atoms with Gasteiger partial charge in [-0.1, -0.05) is 6.92 Å². The highest BCUT2D eigenvalue weighted by Crippen LogP contribution is 2.25. The second-order valence-corrected chi connectivity index (χ2v) is 4.75. The Morgan fingerprint density at radius 2 is 2.38 bits per heavy atom. The van der Waals surface area contributed by atoms with Crippen molar-refractivity contribution in [3.05, 3.63) is 0 Å². The molecule has 1 aliphatic rings. The Balaban J connectivity index is 1.93. The minimum atomic E-state index is 0.121. The number of ether oxygens (including phenoxy) is 1. The summed E-state index contributed by atoms with van der Waals surface area (Å²) < 4.78 is 5.16. The molecule has 2 atom stereocenters. The Hall–Kier alpha value is 0.230. The molecule has 2 unspecified atom stereocenters. The molecule has 2 N–H and O–H groups in total. The van der Waals surface area contributed by atoms with E-state index in [2.05, 4.69) is 12.2 Å². The average Bonchev–Trinajstić information content (AvgIpc) is 2.52. The first-order valence-corrected chi connectivity index (χ1v) is 5.93. The fourth-order valence-corrected chi connectivity index (χ4v) is 2.71. The Bertz CT molecular complexity index is 135. The third-order valence-electron chi connectivity index (χ3n) is 2.26. The van der Waals surface area contributed by atoms with Gasteiger partial charge in [-0.25, -0.2) is 0 Å². The van der Waals surface area contributed by atoms with Crippen LogP contribution in [0.2, 0.25) is 0 Å². The topological polar surface area (TPSA) is 41.5 Å². The SMILES string of the molecule is CC1SCCC1NCCOCCO. The third kappa shape index (κ3) is 4.31. The van der Waals surface area contributed by atoms with Gasteiger partial charge in [-0.3, -0.25) is 0 Å². The Morgan fingerprint density at radius 1 is 1.54 bits per heavy atom. The summed E-state index contributed by atoms with van der Waals surface area (Å²) in [6.07, 6.45) is 1.27. The van der Waals surface area contributed by atoms with Crippen LogP contribution in [-0.2, 0) is 4.74 Å². The van der Waals surface area contributed by atoms with Gasteiger partial charge < -0.3 is 15.2 Å². The van der Waals surface area contributed by atoms with Gasteiger partial charge in [-0.15, -0.1) is 0 Å². The normalized spacial score (nSPS) is 28.2. The van der Waals surface area contributed by atoms with Gasteiger partial charge in [0.15, 0.2) is 0 Å². The third-order valence-corrected chi connectivity index (χ3v) is 3.59. The molecule has 0 amide bonds. The summed E-state index contributed by atoms with van der Waals surface area (Å²) in [7, 11) is 0. The molecule has 0 saturated carbocycles. The van der Waals surface area contributed by atoms with Crippen LogP contribution in [0.15, 0.2) is 0 Å². The number of hydrogen-bond donors (Lipinski definition) is 2. The maximum atomic E-state index is 8.47. The first kappa shape index (κ1) is 11.3. The molecule has 1 saturated heterocycles. The second kappa shape index (κ2) is 6.65. The number of rotatable bonds is 6. The van der Waals surface area contributed by atoms with Crippen molar-refractivity contribution in [2.45, 2.75) is 24.6 Å². The van der Waals surface area contributed by atoms with Crippen LogP contribution in [0.4, 0.5) is 0 Å². The van der Waals surface area contributed by atoms with E-state index in [1.165, 1.54) is 12.2 Å². The summed E-state index contributed by atoms with van der Waals surface area (Å²) in [4.78, 5) is 0. The lowest BCUT2D eigenvalue weighted by Crippen LogP contribution is -2.35. The lowest BCUT2D eigenvalue weighted by Gasteiger charge is -2.16. The monoisotopic (exact) mass is 205 g/mol. The first-order valence-electron chi connectivity index (χ1n) is 4.88. The summed E-state index contributed by atoms with van der Waals surface area (Å²) in [6, 6.07) is 0.655. The predicted octanol–water partition coefficient (Wildman–Crippen LogP) is 0.479. The van der Waals surface area contributed by atoms with E-state index >= 15 is 0 Å². The van der Waals surface area contributed by atoms with Gasteiger partial charge in [0.2, 0.25) is 0 Å². The van der Waals surface area contributed by atoms with Gasteiger partial charge >= 0.3 is 0 Å². The van der Waals surface area contributed by atoms with E-state index in [0.29, 0.717) is 19.3 Å². The van der Waals surface area contributed by atoms with E-state index < -0.39 is 0 Å². The lowest BCUT2D eigenvalue weighted by molar-refractivity contribution is 0.0926. The van der Waals surface area contributed by atoms with Crippen LogP contribution in [0.25, 0.3) is 0 Å². The minimum absolute atomic E-state index is 0.121. The van der Waals surface area contributed by atoms with Crippen molar-refractivity contribution >= 4 is 11.8 Å². The molecule has 0 aromatic heterocycles. The standard InChI is InChI=1S/C9H19NO2S/c1-8-9(2-7-13-8)10-3-5-12-6-4-11/h8-11H,2-7H2,1H3. The maximum Gasteiger partial charge on any atom is 0.0698 e. The van der Waals surface area contributed by atoms with E-state index in [1.807, 2.05) is 11.8 Å². The molecule has 0 aromatic carbocycles. The van der Waals surface area contributed by atoms with Crippen molar-refractivity contribution in [1.29, 1.82) is 0 Å². The zero-order valence-electron chi connectivity index (χ0n) is 8.16. The van der Waals surface area contributed by atoms with E-state index in [-0.39, 0.29) is 6.61 Å². The van der Waals surface area contributed by atoms with Gasteiger partial charge in [0.25, 0.3) is 0 Å². The highest BCUT2D eigenvalue weighted by Gasteiger charge is 2.22. The number of aliphatic hydroxyl groups excluding tert-OH is 1. The van der Waals surface area contributed by atoms with Crippen molar-refractivity contribution in [2.24, 2.45) is 0 Å². The fraction of sp³-hybridized carbons (Fsp3) is 1.00. The summed E-state index contributed by atoms with van der Waals surface area (Å²) >= 11 is 2.03. The van der Waals surface area contributed by atoms with Crippen LogP contribution >= 0.6 is 11.8 Å². The van der Waals surface area contributed by atoms with Gasteiger partial charge in [0.1, 0.15) is 0 Å². The molecule has 0 radical (unpaired) electrons. The van der Waals surface area contributed by atoms with Crippen LogP contribution in [-0.4, -0.2) is 48.5 Å². The van der Waals surface area contributed by atoms with Crippen LogP contribution in [0.1, 0.15) is 13.3 Å². The summed E-state index contributed by atoms with van der Waals surface area (Å²) in [5.41, 5.74) is 0. The molecule has 1 heterocycles. The molecule has 0 bridgehead atoms. The van der Waals surface area contributed by atoms with Crippen LogP contribution in [0, 0.1) is 0 Å². The molecular formula is C9H19NO2S. The molecule has 3 nitrogen and oxygen atoms in total. The fourth-order valence-electron chi connectivity index (χ4n) is 1.48. The van der Waals surface area contributed by atoms with E-state index in [9.17, 15) is 0 Å². The van der Waals surface area contributed by atoms with Gasteiger partial charge in [-0.2, -0.15) is 11.8 Å². The Kier molecular flexibility index (Phi) is 5.78. The van der Waals surface area contributed by atoms with Crippen molar-refractivity contribution in [3.8, 4) is 0 Å². The largest absolute Gasteiger partial charge is 0.394 e. The zero-order chi connectivity index (χ0) is 9.52. The number of aliphatic hydroxyl groups is 1. The van der Waals surface area contributed by atoms with Crippen molar-refractivity contribution in [2.75, 3.05) is 32.1 Å². The molecule has 13 heavy (non-hydrogen) atoms. The number of hydrogen-bond acceptors (Lipinski definition) is 4. The first-order chi connectivity index (χ1) is 6.34. The number of nitrogens with one attached hydrogen (secondary N) is 1. The summed E-state index contributed by atoms with van der Waals surface area (Å²) in [5, 5.41) is 12.7. The second-order valence-electron chi connectivity index (χ2n) is 3.26. The van der Waals surface area contributed by atoms with Gasteiger partial charge in [0, 0.05) is 17.8 Å². The molecule has 1 aliphatic heterocycles. The van der Waals surface area contributed by atoms with Crippen molar-refractivity contribution in [1.82, 2.24) is 5.32 Å². The quantitative estimate of drug-likeness (QED) is 0.619. The predicted molar refractivity (Wildman–Crippen MR) is 56.2 cm³/mol. The van der Waals surface area contributed by atoms with Gasteiger partial charge in [-0.05, 0) is 12.2 Å². The highest BCUT2D eigenvalue weighted by molar-refractivity contribution is 8.00. The molecule has 1 rings (SSSR count). The smallest absolute Gasteiger partial charge is 0.0698 e. The van der Waals surface area contributed by atoms with Crippen LogP contribution in [0.3, 0.4) is 0 Å². The molecule has 1 fully saturated rings. The van der Waals surface area contributed by atoms with Crippen molar-refractivity contribution in [3.63, 3.8) is 0 Å². The molecule has 78 valence electrons. The lowest BCUT2D eigenvalue weighted by atomic mass is 10.2. The molecular weight excluding hydrogens is 186 g/mol. The highest BCUT2D eigenvalue weighted by atomic mass is 32.2. The number of thioether (sulfide) groups is 1. The maximum absolute atomic E-state index is 8.47. The van der Waals surface area contributed by atoms with E-state index in [4.69, 9.17) is 9.84 Å². The summed E-state index contributed by atoms with van der Waals surface area (Å²) in [5.74, 6) is 1.27. The molecule has 0 aliphatic carbocycles. The Morgan fingerprint density at radius 3 is 3.00 bits per heavy atom. The van der Waals surface area contributed by atoms with E-state index in [0.717, 1.165) is 11.8 Å². The van der Waals surface area contributed by atoms with Gasteiger partial charge in [0.05, 0.1) is 19.8 Å². The van der Waals surface area contributed by atoms with Crippen LogP contribution < -0.4 is 5.32 Å². The molecule has 4 heteroatoms. The molecule has 0 aromatic rings. The van der Waals surface area contributed by atoms with Crippen molar-refractivity contribution < 1.29 is 9.84 Å². The average molecular weight is 205 g/mol.